The first kappa shape index (κ1) is 20.0. The zero-order valence-electron chi connectivity index (χ0n) is 14.2. The molecule has 2 aliphatic heterocycles. The van der Waals surface area contributed by atoms with Crippen molar-refractivity contribution in [2.45, 2.75) is 12.5 Å². The van der Waals surface area contributed by atoms with Gasteiger partial charge in [0.2, 0.25) is 0 Å². The third-order valence-electron chi connectivity index (χ3n) is 4.50. The van der Waals surface area contributed by atoms with Crippen LogP contribution >= 0.6 is 47.2 Å². The summed E-state index contributed by atoms with van der Waals surface area (Å²) in [4.78, 5) is 14.6. The summed E-state index contributed by atoms with van der Waals surface area (Å²) in [5.41, 5.74) is 0.762. The van der Waals surface area contributed by atoms with Crippen LogP contribution in [0.25, 0.3) is 17.4 Å². The highest BCUT2D eigenvalue weighted by molar-refractivity contribution is 8.26. The lowest BCUT2D eigenvalue weighted by atomic mass is 10.2. The van der Waals surface area contributed by atoms with Gasteiger partial charge in [-0.3, -0.25) is 9.69 Å². The molecular weight excluding hydrogens is 461 g/mol. The third-order valence-corrected chi connectivity index (χ3v) is 8.32. The fourth-order valence-electron chi connectivity index (χ4n) is 3.14. The number of hydrogen-bond acceptors (Lipinski definition) is 6. The second kappa shape index (κ2) is 7.50. The van der Waals surface area contributed by atoms with Gasteiger partial charge in [0.05, 0.1) is 32.5 Å². The molecule has 2 aromatic rings. The average molecular weight is 474 g/mol. The van der Waals surface area contributed by atoms with E-state index in [-0.39, 0.29) is 17.4 Å². The van der Waals surface area contributed by atoms with Crippen LogP contribution in [0, 0.1) is 0 Å². The van der Waals surface area contributed by atoms with Gasteiger partial charge in [0.25, 0.3) is 5.91 Å². The lowest BCUT2D eigenvalue weighted by molar-refractivity contribution is -0.123. The Bertz CT molecular complexity index is 1120. The Hall–Kier alpha value is -1.32. The van der Waals surface area contributed by atoms with E-state index in [4.69, 9.17) is 39.8 Å². The molecule has 5 nitrogen and oxygen atoms in total. The number of thioether (sulfide) groups is 1. The van der Waals surface area contributed by atoms with Crippen LogP contribution in [0.15, 0.2) is 39.7 Å². The van der Waals surface area contributed by atoms with Crippen molar-refractivity contribution in [2.24, 2.45) is 0 Å². The highest BCUT2D eigenvalue weighted by Crippen LogP contribution is 2.37. The molecule has 0 bridgehead atoms. The molecule has 1 atom stereocenters. The van der Waals surface area contributed by atoms with Gasteiger partial charge >= 0.3 is 0 Å². The molecule has 0 radical (unpaired) electrons. The standard InChI is InChI=1S/C18H13Cl2NO4S3/c19-13-3-1-10(7-14(13)20)15-4-2-12(25-15)8-16-17(22)21(18(26)27-16)11-5-6-28(23,24)9-11/h1-4,7-8,11H,5-6,9H2/b16-8+. The maximum Gasteiger partial charge on any atom is 0.266 e. The van der Waals surface area contributed by atoms with Crippen molar-refractivity contribution in [3.8, 4) is 11.3 Å². The predicted octanol–water partition coefficient (Wildman–Crippen LogP) is 4.64. The normalized spacial score (nSPS) is 23.1. The van der Waals surface area contributed by atoms with E-state index in [1.54, 1.807) is 36.4 Å². The van der Waals surface area contributed by atoms with Gasteiger partial charge in [0, 0.05) is 11.6 Å². The minimum Gasteiger partial charge on any atom is -0.457 e. The van der Waals surface area contributed by atoms with Crippen LogP contribution in [0.4, 0.5) is 0 Å². The molecule has 2 saturated heterocycles. The summed E-state index contributed by atoms with van der Waals surface area (Å²) in [7, 11) is -3.11. The van der Waals surface area contributed by atoms with Crippen LogP contribution in [0.3, 0.4) is 0 Å². The van der Waals surface area contributed by atoms with Gasteiger partial charge in [0.1, 0.15) is 15.8 Å². The molecular formula is C18H13Cl2NO4S3. The molecule has 2 fully saturated rings. The van der Waals surface area contributed by atoms with E-state index in [1.165, 1.54) is 4.90 Å². The maximum atomic E-state index is 12.8. The van der Waals surface area contributed by atoms with Crippen molar-refractivity contribution in [1.82, 2.24) is 4.90 Å². The number of carbonyl (C=O) groups is 1. The molecule has 146 valence electrons. The van der Waals surface area contributed by atoms with Gasteiger partial charge in [-0.05, 0) is 36.8 Å². The molecule has 0 N–H and O–H groups in total. The SMILES string of the molecule is O=C1/C(=C\c2ccc(-c3ccc(Cl)c(Cl)c3)o2)SC(=S)N1C1CCS(=O)(=O)C1. The molecule has 1 aromatic heterocycles. The molecule has 1 aromatic carbocycles. The molecule has 2 aliphatic rings. The summed E-state index contributed by atoms with van der Waals surface area (Å²) in [5, 5.41) is 0.874. The van der Waals surface area contributed by atoms with Crippen molar-refractivity contribution >= 4 is 73.3 Å². The van der Waals surface area contributed by atoms with Crippen LogP contribution in [-0.4, -0.2) is 41.1 Å². The molecule has 10 heteroatoms. The second-order valence-corrected chi connectivity index (χ2v) is 11.2. The van der Waals surface area contributed by atoms with Crippen molar-refractivity contribution < 1.29 is 17.6 Å². The number of carbonyl (C=O) groups excluding carboxylic acids is 1. The number of sulfone groups is 1. The highest BCUT2D eigenvalue weighted by Gasteiger charge is 2.42. The van der Waals surface area contributed by atoms with E-state index < -0.39 is 15.9 Å². The van der Waals surface area contributed by atoms with E-state index in [2.05, 4.69) is 0 Å². The van der Waals surface area contributed by atoms with Gasteiger partial charge in [-0.1, -0.05) is 47.2 Å². The molecule has 0 aliphatic carbocycles. The number of furan rings is 1. The number of hydrogen-bond donors (Lipinski definition) is 0. The monoisotopic (exact) mass is 473 g/mol. The van der Waals surface area contributed by atoms with Crippen LogP contribution < -0.4 is 0 Å². The largest absolute Gasteiger partial charge is 0.457 e. The molecule has 0 saturated carbocycles. The first-order chi connectivity index (χ1) is 13.2. The minimum absolute atomic E-state index is 0.0467. The highest BCUT2D eigenvalue weighted by atomic mass is 35.5. The lowest BCUT2D eigenvalue weighted by Crippen LogP contribution is -2.39. The number of nitrogens with zero attached hydrogens (tertiary/aromatic N) is 1. The molecule has 3 heterocycles. The number of benzene rings is 1. The number of rotatable bonds is 3. The van der Waals surface area contributed by atoms with Gasteiger partial charge in [-0.2, -0.15) is 0 Å². The van der Waals surface area contributed by atoms with Crippen molar-refractivity contribution in [2.75, 3.05) is 11.5 Å². The van der Waals surface area contributed by atoms with Crippen molar-refractivity contribution in [1.29, 1.82) is 0 Å². The summed E-state index contributed by atoms with van der Waals surface area (Å²) < 4.78 is 29.6. The summed E-state index contributed by atoms with van der Waals surface area (Å²) in [6.45, 7) is 0. The van der Waals surface area contributed by atoms with Crippen molar-refractivity contribution in [3.63, 3.8) is 0 Å². The fraction of sp³-hybridized carbons (Fsp3) is 0.222. The molecule has 0 spiro atoms. The van der Waals surface area contributed by atoms with Crippen molar-refractivity contribution in [3.05, 3.63) is 51.0 Å². The summed E-state index contributed by atoms with van der Waals surface area (Å²) in [6, 6.07) is 8.29. The smallest absolute Gasteiger partial charge is 0.266 e. The third kappa shape index (κ3) is 3.89. The van der Waals surface area contributed by atoms with Gasteiger partial charge in [0.15, 0.2) is 9.84 Å². The Balaban J connectivity index is 1.57. The van der Waals surface area contributed by atoms with E-state index >= 15 is 0 Å². The van der Waals surface area contributed by atoms with Gasteiger partial charge in [-0.15, -0.1) is 0 Å². The van der Waals surface area contributed by atoms with Gasteiger partial charge in [-0.25, -0.2) is 8.42 Å². The Labute approximate surface area is 181 Å². The molecule has 28 heavy (non-hydrogen) atoms. The summed E-state index contributed by atoms with van der Waals surface area (Å²) in [6.07, 6.45) is 2.02. The Morgan fingerprint density at radius 1 is 1.21 bits per heavy atom. The summed E-state index contributed by atoms with van der Waals surface area (Å²) >= 11 is 18.4. The van der Waals surface area contributed by atoms with Gasteiger partial charge < -0.3 is 4.42 Å². The Kier molecular flexibility index (Phi) is 5.35. The molecule has 4 rings (SSSR count). The quantitative estimate of drug-likeness (QED) is 0.477. The predicted molar refractivity (Wildman–Crippen MR) is 116 cm³/mol. The Morgan fingerprint density at radius 2 is 2.00 bits per heavy atom. The van der Waals surface area contributed by atoms with E-state index in [0.29, 0.717) is 37.2 Å². The number of thiocarbonyl (C=S) groups is 1. The Morgan fingerprint density at radius 3 is 2.68 bits per heavy atom. The fourth-order valence-corrected chi connectivity index (χ4v) is 6.52. The second-order valence-electron chi connectivity index (χ2n) is 6.44. The summed E-state index contributed by atoms with van der Waals surface area (Å²) in [5.74, 6) is 0.820. The van der Waals surface area contributed by atoms with E-state index in [1.807, 2.05) is 0 Å². The topological polar surface area (TPSA) is 67.6 Å². The average Bonchev–Trinajstić information content (AvgIpc) is 3.29. The van der Waals surface area contributed by atoms with Crippen LogP contribution in [0.1, 0.15) is 12.2 Å². The maximum absolute atomic E-state index is 12.8. The van der Waals surface area contributed by atoms with Crippen LogP contribution in [-0.2, 0) is 14.6 Å². The first-order valence-corrected chi connectivity index (χ1v) is 12.1. The lowest BCUT2D eigenvalue weighted by Gasteiger charge is -2.20. The van der Waals surface area contributed by atoms with E-state index in [0.717, 1.165) is 17.3 Å². The number of halogens is 2. The zero-order valence-corrected chi connectivity index (χ0v) is 18.2. The molecule has 1 amide bonds. The van der Waals surface area contributed by atoms with Crippen LogP contribution in [0.2, 0.25) is 10.0 Å². The minimum atomic E-state index is -3.11. The van der Waals surface area contributed by atoms with E-state index in [9.17, 15) is 13.2 Å². The van der Waals surface area contributed by atoms with Crippen LogP contribution in [0.5, 0.6) is 0 Å². The molecule has 1 unspecified atom stereocenters. The first-order valence-electron chi connectivity index (χ1n) is 8.26. The zero-order chi connectivity index (χ0) is 20.1. The number of amides is 1.